The van der Waals surface area contributed by atoms with Gasteiger partial charge in [-0.3, -0.25) is 4.31 Å². The monoisotopic (exact) mass is 494 g/mol. The van der Waals surface area contributed by atoms with E-state index in [1.807, 2.05) is 0 Å². The van der Waals surface area contributed by atoms with E-state index >= 15 is 0 Å². The first-order chi connectivity index (χ1) is 18.5. The summed E-state index contributed by atoms with van der Waals surface area (Å²) in [4.78, 5) is 19.0. The first-order valence-corrected chi connectivity index (χ1v) is 11.1. The third kappa shape index (κ3) is 4.88. The van der Waals surface area contributed by atoms with Crippen LogP contribution >= 0.6 is 0 Å². The molecule has 4 rings (SSSR count). The Morgan fingerprint density at radius 2 is 1.79 bits per heavy atom. The van der Waals surface area contributed by atoms with Gasteiger partial charge in [-0.1, -0.05) is 12.1 Å². The molecular formula is C21H22F2N8O2S. The van der Waals surface area contributed by atoms with Crippen LogP contribution in [0.15, 0.2) is 36.4 Å². The van der Waals surface area contributed by atoms with Crippen LogP contribution in [0.4, 0.5) is 37.5 Å². The topological polar surface area (TPSA) is 129 Å². The van der Waals surface area contributed by atoms with Crippen LogP contribution in [0.3, 0.4) is 0 Å². The molecule has 178 valence electrons. The molecule has 3 aromatic heterocycles. The number of hydrogen-bond acceptors (Lipinski definition) is 8. The van der Waals surface area contributed by atoms with Crippen LogP contribution in [0.25, 0.3) is 11.2 Å². The third-order valence-electron chi connectivity index (χ3n) is 4.53. The molecule has 0 amide bonds. The number of imidazole rings is 1. The highest BCUT2D eigenvalue weighted by Crippen LogP contribution is 2.34. The number of halogens is 2. The fraction of sp³-hybridized carbons (Fsp3) is 0.238. The van der Waals surface area contributed by atoms with Crippen LogP contribution in [0.2, 0.25) is 0 Å². The molecule has 10 nitrogen and oxygen atoms in total. The summed E-state index contributed by atoms with van der Waals surface area (Å²) in [5.41, 5.74) is -0.187. The first kappa shape index (κ1) is 16.7. The van der Waals surface area contributed by atoms with E-state index < -0.39 is 41.1 Å². The summed E-state index contributed by atoms with van der Waals surface area (Å²) in [5.74, 6) is 0.211. The normalized spacial score (nSPS) is 15.1. The summed E-state index contributed by atoms with van der Waals surface area (Å²) >= 11 is 0. The van der Waals surface area contributed by atoms with Gasteiger partial charge < -0.3 is 15.6 Å². The lowest BCUT2D eigenvalue weighted by Crippen LogP contribution is -2.25. The third-order valence-corrected chi connectivity index (χ3v) is 5.21. The van der Waals surface area contributed by atoms with Gasteiger partial charge in [-0.2, -0.15) is 0 Å². The molecule has 0 atom stereocenters. The van der Waals surface area contributed by atoms with Crippen molar-refractivity contribution in [2.24, 2.45) is 0 Å². The number of hydrogen-bond donors (Lipinski definition) is 3. The second-order valence-electron chi connectivity index (χ2n) is 7.15. The lowest BCUT2D eigenvalue weighted by Gasteiger charge is -2.21. The Bertz CT molecular complexity index is 1660. The highest BCUT2D eigenvalue weighted by atomic mass is 32.2. The Labute approximate surface area is 203 Å². The second-order valence-corrected chi connectivity index (χ2v) is 8.47. The maximum atomic E-state index is 13.5. The SMILES string of the molecule is [2H]C([2H])([2H])N(c1ccccc1Nc1cc(Nc2cc(C)nc(C)n2)nc2[nH]c(C(F)F)nc12)S(=O)(=O)C([2H])([2H])[2H]. The smallest absolute Gasteiger partial charge is 0.295 e. The maximum absolute atomic E-state index is 13.5. The minimum Gasteiger partial charge on any atom is -0.352 e. The van der Waals surface area contributed by atoms with Crippen molar-refractivity contribution in [1.29, 1.82) is 0 Å². The number of sulfonamides is 1. The fourth-order valence-corrected chi connectivity index (χ4v) is 3.63. The molecule has 0 fully saturated rings. The van der Waals surface area contributed by atoms with Gasteiger partial charge in [0.25, 0.3) is 6.43 Å². The number of para-hydroxylation sites is 2. The summed E-state index contributed by atoms with van der Waals surface area (Å²) in [6.07, 6.45) is -6.68. The molecule has 0 bridgehead atoms. The number of benzene rings is 1. The molecule has 0 saturated heterocycles. The fourth-order valence-electron chi connectivity index (χ4n) is 3.21. The van der Waals surface area contributed by atoms with Crippen molar-refractivity contribution in [2.75, 3.05) is 28.1 Å². The zero-order chi connectivity index (χ0) is 29.6. The second kappa shape index (κ2) is 8.82. The maximum Gasteiger partial charge on any atom is 0.295 e. The molecule has 0 unspecified atom stereocenters. The lowest BCUT2D eigenvalue weighted by molar-refractivity contribution is 0.142. The highest BCUT2D eigenvalue weighted by Gasteiger charge is 2.20. The number of aromatic nitrogens is 5. The van der Waals surface area contributed by atoms with Crippen molar-refractivity contribution in [3.05, 3.63) is 53.7 Å². The van der Waals surface area contributed by atoms with Crippen molar-refractivity contribution >= 4 is 49.9 Å². The number of pyridine rings is 1. The number of fused-ring (bicyclic) bond motifs is 1. The van der Waals surface area contributed by atoms with Crippen LogP contribution < -0.4 is 14.9 Å². The predicted molar refractivity (Wildman–Crippen MR) is 127 cm³/mol. The van der Waals surface area contributed by atoms with Gasteiger partial charge in [0, 0.05) is 33.0 Å². The minimum absolute atomic E-state index is 0.0161. The summed E-state index contributed by atoms with van der Waals surface area (Å²) in [7, 11) is -5.40. The molecule has 0 radical (unpaired) electrons. The van der Waals surface area contributed by atoms with E-state index in [0.717, 1.165) is 6.07 Å². The number of alkyl halides is 2. The van der Waals surface area contributed by atoms with Crippen LogP contribution in [0.5, 0.6) is 0 Å². The number of nitrogens with one attached hydrogen (secondary N) is 3. The summed E-state index contributed by atoms with van der Waals surface area (Å²) in [6.45, 7) is -0.00996. The largest absolute Gasteiger partial charge is 0.352 e. The van der Waals surface area contributed by atoms with Crippen LogP contribution in [0, 0.1) is 13.8 Å². The lowest BCUT2D eigenvalue weighted by atomic mass is 10.2. The van der Waals surface area contributed by atoms with Gasteiger partial charge in [-0.25, -0.2) is 37.1 Å². The first-order valence-electron chi connectivity index (χ1n) is 12.7. The van der Waals surface area contributed by atoms with Crippen LogP contribution in [-0.4, -0.2) is 46.5 Å². The number of rotatable bonds is 7. The van der Waals surface area contributed by atoms with E-state index in [9.17, 15) is 17.2 Å². The summed E-state index contributed by atoms with van der Waals surface area (Å²) < 4.78 is 98.1. The molecule has 34 heavy (non-hydrogen) atoms. The molecule has 0 aliphatic carbocycles. The number of H-pyrrole nitrogens is 1. The Morgan fingerprint density at radius 3 is 2.50 bits per heavy atom. The molecular weight excluding hydrogens is 466 g/mol. The highest BCUT2D eigenvalue weighted by molar-refractivity contribution is 7.92. The van der Waals surface area contributed by atoms with Crippen molar-refractivity contribution in [3.63, 3.8) is 0 Å². The van der Waals surface area contributed by atoms with Gasteiger partial charge in [-0.05, 0) is 26.0 Å². The number of aromatic amines is 1. The van der Waals surface area contributed by atoms with Gasteiger partial charge in [0.15, 0.2) is 11.5 Å². The number of aryl methyl sites for hydroxylation is 2. The zero-order valence-electron chi connectivity index (χ0n) is 23.8. The van der Waals surface area contributed by atoms with E-state index in [-0.39, 0.29) is 32.7 Å². The van der Waals surface area contributed by atoms with Crippen molar-refractivity contribution in [2.45, 2.75) is 20.3 Å². The standard InChI is InChI=1S/C21H22F2N8O2S/c1-11-9-16(25-12(2)24-11)27-17-10-14(18-20(28-17)30-21(29-18)19(22)23)26-13-7-5-6-8-15(13)31(3)34(4,32)33/h5-10,19H,1-4H3,(H3,24,25,26,27,28,29,30)/i3D3,4D3. The van der Waals surface area contributed by atoms with E-state index in [1.165, 1.54) is 24.3 Å². The van der Waals surface area contributed by atoms with Gasteiger partial charge >= 0.3 is 0 Å². The molecule has 0 spiro atoms. The Balaban J connectivity index is 1.88. The molecule has 1 aromatic carbocycles. The van der Waals surface area contributed by atoms with E-state index in [0.29, 0.717) is 17.3 Å². The van der Waals surface area contributed by atoms with Gasteiger partial charge in [0.2, 0.25) is 10.0 Å². The van der Waals surface area contributed by atoms with Gasteiger partial charge in [0.1, 0.15) is 23.0 Å². The Hall–Kier alpha value is -3.87. The quantitative estimate of drug-likeness (QED) is 0.349. The van der Waals surface area contributed by atoms with Crippen LogP contribution in [0.1, 0.15) is 32.0 Å². The predicted octanol–water partition coefficient (Wildman–Crippen LogP) is 4.19. The molecule has 0 aliphatic rings. The van der Waals surface area contributed by atoms with E-state index in [2.05, 4.69) is 35.6 Å². The molecule has 0 aliphatic heterocycles. The van der Waals surface area contributed by atoms with Gasteiger partial charge in [0.05, 0.1) is 23.2 Å². The van der Waals surface area contributed by atoms with Gasteiger partial charge in [-0.15, -0.1) is 0 Å². The Morgan fingerprint density at radius 1 is 1.03 bits per heavy atom. The number of anilines is 5. The summed E-state index contributed by atoms with van der Waals surface area (Å²) in [6, 6.07) is 8.11. The average molecular weight is 495 g/mol. The molecule has 13 heteroatoms. The van der Waals surface area contributed by atoms with Crippen molar-refractivity contribution in [1.82, 2.24) is 24.9 Å². The molecule has 3 heterocycles. The molecule has 3 N–H and O–H groups in total. The molecule has 4 aromatic rings. The van der Waals surface area contributed by atoms with E-state index in [4.69, 9.17) is 8.22 Å². The number of nitrogens with zero attached hydrogens (tertiary/aromatic N) is 5. The van der Waals surface area contributed by atoms with E-state index in [1.54, 1.807) is 19.9 Å². The van der Waals surface area contributed by atoms with Crippen molar-refractivity contribution in [3.8, 4) is 0 Å². The average Bonchev–Trinajstić information content (AvgIpc) is 3.23. The zero-order valence-corrected chi connectivity index (χ0v) is 18.6. The summed E-state index contributed by atoms with van der Waals surface area (Å²) in [5, 5.41) is 5.75. The van der Waals surface area contributed by atoms with Crippen molar-refractivity contribution < 1.29 is 25.4 Å². The van der Waals surface area contributed by atoms with Crippen LogP contribution in [-0.2, 0) is 10.0 Å². The minimum atomic E-state index is -5.40. The molecule has 0 saturated carbocycles. The Kier molecular flexibility index (Phi) is 4.33.